The summed E-state index contributed by atoms with van der Waals surface area (Å²) >= 11 is 0. The molecule has 21 heavy (non-hydrogen) atoms. The van der Waals surface area contributed by atoms with Gasteiger partial charge in [-0.2, -0.15) is 0 Å². The van der Waals surface area contributed by atoms with Crippen LogP contribution in [-0.2, 0) is 4.79 Å². The molecule has 0 spiro atoms. The number of carbonyl (C=O) groups is 1. The highest BCUT2D eigenvalue weighted by atomic mass is 16.2. The molecule has 0 bridgehead atoms. The summed E-state index contributed by atoms with van der Waals surface area (Å²) in [5.41, 5.74) is 0. The van der Waals surface area contributed by atoms with Gasteiger partial charge in [0.1, 0.15) is 0 Å². The van der Waals surface area contributed by atoms with Crippen LogP contribution in [0, 0.1) is 0 Å². The van der Waals surface area contributed by atoms with E-state index in [0.717, 1.165) is 26.1 Å². The van der Waals surface area contributed by atoms with E-state index in [2.05, 4.69) is 41.7 Å². The van der Waals surface area contributed by atoms with Gasteiger partial charge in [-0.05, 0) is 39.4 Å². The van der Waals surface area contributed by atoms with E-state index in [0.29, 0.717) is 6.04 Å². The summed E-state index contributed by atoms with van der Waals surface area (Å²) in [6.07, 6.45) is 10.2. The molecule has 1 heterocycles. The minimum absolute atomic E-state index is 0.124. The predicted octanol–water partition coefficient (Wildman–Crippen LogP) is 1.99. The van der Waals surface area contributed by atoms with Gasteiger partial charge in [-0.25, -0.2) is 0 Å². The van der Waals surface area contributed by atoms with Crippen molar-refractivity contribution in [1.29, 1.82) is 0 Å². The maximum atomic E-state index is 11.1. The van der Waals surface area contributed by atoms with Crippen molar-refractivity contribution in [1.82, 2.24) is 14.7 Å². The van der Waals surface area contributed by atoms with Crippen LogP contribution < -0.4 is 0 Å². The Labute approximate surface area is 130 Å². The van der Waals surface area contributed by atoms with E-state index < -0.39 is 0 Å². The second-order valence-electron chi connectivity index (χ2n) is 5.96. The van der Waals surface area contributed by atoms with E-state index in [1.807, 2.05) is 7.05 Å². The van der Waals surface area contributed by atoms with E-state index in [4.69, 9.17) is 0 Å². The highest BCUT2D eigenvalue weighted by Gasteiger charge is 2.17. The smallest absolute Gasteiger partial charge is 0.219 e. The van der Waals surface area contributed by atoms with Crippen LogP contribution in [0.15, 0.2) is 24.8 Å². The number of rotatable bonds is 9. The van der Waals surface area contributed by atoms with Crippen LogP contribution in [-0.4, -0.2) is 73.5 Å². The van der Waals surface area contributed by atoms with Crippen molar-refractivity contribution >= 4 is 5.91 Å². The van der Waals surface area contributed by atoms with Crippen LogP contribution in [0.1, 0.15) is 26.2 Å². The lowest BCUT2D eigenvalue weighted by Gasteiger charge is -2.23. The van der Waals surface area contributed by atoms with Crippen molar-refractivity contribution in [3.8, 4) is 0 Å². The third kappa shape index (κ3) is 6.91. The van der Waals surface area contributed by atoms with Crippen LogP contribution in [0.3, 0.4) is 0 Å². The van der Waals surface area contributed by atoms with Gasteiger partial charge >= 0.3 is 0 Å². The Morgan fingerprint density at radius 3 is 2.48 bits per heavy atom. The maximum Gasteiger partial charge on any atom is 0.219 e. The molecule has 1 aliphatic heterocycles. The van der Waals surface area contributed by atoms with Gasteiger partial charge < -0.3 is 9.80 Å². The van der Waals surface area contributed by atoms with Gasteiger partial charge in [-0.1, -0.05) is 18.2 Å². The third-order valence-corrected chi connectivity index (χ3v) is 4.20. The molecule has 0 aliphatic carbocycles. The number of hydrogen-bond donors (Lipinski definition) is 0. The Balaban J connectivity index is 2.20. The molecule has 4 heteroatoms. The molecular weight excluding hydrogens is 262 g/mol. The number of likely N-dealkylation sites (N-methyl/N-ethyl adjacent to an activating group) is 2. The van der Waals surface area contributed by atoms with Gasteiger partial charge in [0.15, 0.2) is 0 Å². The number of amides is 1. The monoisotopic (exact) mass is 293 g/mol. The Bertz CT molecular complexity index is 348. The minimum atomic E-state index is 0.124. The Hall–Kier alpha value is -1.13. The summed E-state index contributed by atoms with van der Waals surface area (Å²) in [5, 5.41) is 0. The molecule has 0 saturated carbocycles. The Morgan fingerprint density at radius 1 is 1.24 bits per heavy atom. The molecule has 1 fully saturated rings. The summed E-state index contributed by atoms with van der Waals surface area (Å²) in [6.45, 7) is 10.6. The first-order valence-electron chi connectivity index (χ1n) is 7.96. The second-order valence-corrected chi connectivity index (χ2v) is 5.96. The van der Waals surface area contributed by atoms with Crippen LogP contribution in [0.2, 0.25) is 0 Å². The van der Waals surface area contributed by atoms with Crippen LogP contribution in [0.5, 0.6) is 0 Å². The first kappa shape index (κ1) is 17.9. The van der Waals surface area contributed by atoms with Crippen molar-refractivity contribution in [2.24, 2.45) is 0 Å². The van der Waals surface area contributed by atoms with E-state index in [9.17, 15) is 4.79 Å². The topological polar surface area (TPSA) is 26.8 Å². The molecular formula is C17H31N3O. The van der Waals surface area contributed by atoms with Crippen molar-refractivity contribution in [3.63, 3.8) is 0 Å². The average molecular weight is 293 g/mol. The van der Waals surface area contributed by atoms with Gasteiger partial charge in [0.05, 0.1) is 0 Å². The Kier molecular flexibility index (Phi) is 8.31. The lowest BCUT2D eigenvalue weighted by molar-refractivity contribution is -0.127. The van der Waals surface area contributed by atoms with E-state index >= 15 is 0 Å². The molecule has 0 aromatic heterocycles. The number of hydrogen-bond acceptors (Lipinski definition) is 3. The lowest BCUT2D eigenvalue weighted by atomic mass is 10.1. The quantitative estimate of drug-likeness (QED) is 0.608. The molecule has 1 atom stereocenters. The van der Waals surface area contributed by atoms with Gasteiger partial charge in [-0.3, -0.25) is 9.69 Å². The van der Waals surface area contributed by atoms with Crippen molar-refractivity contribution in [2.75, 3.05) is 46.8 Å². The van der Waals surface area contributed by atoms with E-state index in [-0.39, 0.29) is 5.91 Å². The molecule has 1 rings (SSSR count). The zero-order valence-electron chi connectivity index (χ0n) is 13.9. The fourth-order valence-corrected chi connectivity index (χ4v) is 2.53. The van der Waals surface area contributed by atoms with Gasteiger partial charge in [0.25, 0.3) is 0 Å². The van der Waals surface area contributed by atoms with E-state index in [1.165, 1.54) is 25.9 Å². The summed E-state index contributed by atoms with van der Waals surface area (Å²) in [6, 6.07) is 0.484. The second kappa shape index (κ2) is 9.74. The largest absolute Gasteiger partial charge is 0.345 e. The molecule has 1 saturated heterocycles. The van der Waals surface area contributed by atoms with Gasteiger partial charge in [0.2, 0.25) is 5.91 Å². The summed E-state index contributed by atoms with van der Waals surface area (Å²) in [7, 11) is 3.93. The fraction of sp³-hybridized carbons (Fsp3) is 0.706. The number of carbonyl (C=O) groups excluding carboxylic acids is 1. The van der Waals surface area contributed by atoms with Crippen LogP contribution in [0.25, 0.3) is 0 Å². The van der Waals surface area contributed by atoms with E-state index in [1.54, 1.807) is 11.8 Å². The van der Waals surface area contributed by atoms with Crippen molar-refractivity contribution < 1.29 is 4.79 Å². The van der Waals surface area contributed by atoms with Crippen molar-refractivity contribution in [3.05, 3.63) is 24.8 Å². The molecule has 1 aliphatic rings. The number of likely N-dealkylation sites (tertiary alicyclic amines) is 1. The maximum absolute atomic E-state index is 11.1. The summed E-state index contributed by atoms with van der Waals surface area (Å²) in [5.74, 6) is 0.124. The predicted molar refractivity (Wildman–Crippen MR) is 89.4 cm³/mol. The zero-order chi connectivity index (χ0) is 15.7. The highest BCUT2D eigenvalue weighted by Crippen LogP contribution is 2.15. The molecule has 1 unspecified atom stereocenters. The summed E-state index contributed by atoms with van der Waals surface area (Å²) < 4.78 is 0. The Morgan fingerprint density at radius 2 is 1.90 bits per heavy atom. The molecule has 0 radical (unpaired) electrons. The van der Waals surface area contributed by atoms with Gasteiger partial charge in [0, 0.05) is 39.6 Å². The standard InChI is InChI=1S/C17H31N3O/c1-5-17(20-12-8-9-13-20)10-6-7-11-18(3)14-15-19(4)16(2)21/h5-7,17H,1,8-15H2,2-4H3/b7-6+. The molecule has 120 valence electrons. The number of nitrogens with zero attached hydrogens (tertiary/aromatic N) is 3. The molecule has 0 N–H and O–H groups in total. The molecule has 1 amide bonds. The molecule has 4 nitrogen and oxygen atoms in total. The fourth-order valence-electron chi connectivity index (χ4n) is 2.53. The first-order valence-corrected chi connectivity index (χ1v) is 7.96. The molecule has 0 aromatic carbocycles. The molecule has 0 aromatic rings. The van der Waals surface area contributed by atoms with Crippen LogP contribution in [0.4, 0.5) is 0 Å². The SMILES string of the molecule is C=CC(C/C=C/CN(C)CCN(C)C(C)=O)N1CCCC1. The summed E-state index contributed by atoms with van der Waals surface area (Å²) in [4.78, 5) is 17.6. The van der Waals surface area contributed by atoms with Gasteiger partial charge in [-0.15, -0.1) is 6.58 Å². The minimum Gasteiger partial charge on any atom is -0.345 e. The van der Waals surface area contributed by atoms with Crippen LogP contribution >= 0.6 is 0 Å². The zero-order valence-corrected chi connectivity index (χ0v) is 13.9. The van der Waals surface area contributed by atoms with Crippen molar-refractivity contribution in [2.45, 2.75) is 32.2 Å². The normalized spacial score (nSPS) is 17.5. The average Bonchev–Trinajstić information content (AvgIpc) is 2.98. The highest BCUT2D eigenvalue weighted by molar-refractivity contribution is 5.72. The lowest BCUT2D eigenvalue weighted by Crippen LogP contribution is -2.33. The third-order valence-electron chi connectivity index (χ3n) is 4.20. The first-order chi connectivity index (χ1) is 10.0.